The Morgan fingerprint density at radius 2 is 1.58 bits per heavy atom. The third-order valence-electron chi connectivity index (χ3n) is 5.12. The Bertz CT molecular complexity index is 870. The fourth-order valence-corrected chi connectivity index (χ4v) is 3.50. The zero-order valence-electron chi connectivity index (χ0n) is 18.9. The lowest BCUT2D eigenvalue weighted by molar-refractivity contribution is 0.287. The quantitative estimate of drug-likeness (QED) is 0.347. The van der Waals surface area contributed by atoms with E-state index < -0.39 is 0 Å². The summed E-state index contributed by atoms with van der Waals surface area (Å²) in [7, 11) is 1.79. The number of anilines is 1. The first-order valence-electron chi connectivity index (χ1n) is 11.1. The molecule has 166 valence electrons. The van der Waals surface area contributed by atoms with Crippen molar-refractivity contribution in [3.8, 4) is 11.5 Å². The van der Waals surface area contributed by atoms with Crippen molar-refractivity contribution in [3.63, 3.8) is 0 Å². The Labute approximate surface area is 186 Å². The summed E-state index contributed by atoms with van der Waals surface area (Å²) >= 11 is 0. The highest BCUT2D eigenvalue weighted by molar-refractivity contribution is 5.79. The molecule has 6 heteroatoms. The number of rotatable bonds is 10. The maximum Gasteiger partial charge on any atom is 0.191 e. The predicted molar refractivity (Wildman–Crippen MR) is 128 cm³/mol. The van der Waals surface area contributed by atoms with Crippen molar-refractivity contribution in [2.24, 2.45) is 4.99 Å². The molecular weight excluding hydrogens is 388 g/mol. The van der Waals surface area contributed by atoms with Crippen LogP contribution in [0.25, 0.3) is 0 Å². The van der Waals surface area contributed by atoms with Crippen LogP contribution >= 0.6 is 0 Å². The highest BCUT2D eigenvalue weighted by Gasteiger charge is 2.08. The molecule has 2 aromatic rings. The van der Waals surface area contributed by atoms with Gasteiger partial charge >= 0.3 is 0 Å². The fourth-order valence-electron chi connectivity index (χ4n) is 3.50. The van der Waals surface area contributed by atoms with E-state index in [-0.39, 0.29) is 0 Å². The van der Waals surface area contributed by atoms with Crippen LogP contribution in [0.1, 0.15) is 25.0 Å². The van der Waals surface area contributed by atoms with Crippen molar-refractivity contribution in [2.45, 2.75) is 26.8 Å². The van der Waals surface area contributed by atoms with Crippen molar-refractivity contribution in [1.82, 2.24) is 10.6 Å². The molecule has 1 aliphatic heterocycles. The summed E-state index contributed by atoms with van der Waals surface area (Å²) in [6.45, 7) is 8.71. The van der Waals surface area contributed by atoms with Crippen LogP contribution < -0.4 is 25.0 Å². The third-order valence-corrected chi connectivity index (χ3v) is 5.12. The van der Waals surface area contributed by atoms with Gasteiger partial charge in [-0.1, -0.05) is 30.4 Å². The van der Waals surface area contributed by atoms with E-state index in [0.29, 0.717) is 13.2 Å². The van der Waals surface area contributed by atoms with Gasteiger partial charge in [0.25, 0.3) is 0 Å². The molecular formula is C25H34N4O2. The molecule has 0 saturated carbocycles. The van der Waals surface area contributed by atoms with E-state index in [0.717, 1.165) is 50.1 Å². The van der Waals surface area contributed by atoms with Crippen LogP contribution in [0.15, 0.2) is 59.6 Å². The minimum Gasteiger partial charge on any atom is -0.490 e. The number of ether oxygens (including phenoxy) is 2. The van der Waals surface area contributed by atoms with Gasteiger partial charge in [0.1, 0.15) is 0 Å². The minimum atomic E-state index is 0.619. The second kappa shape index (κ2) is 11.9. The van der Waals surface area contributed by atoms with Crippen LogP contribution in [0.5, 0.6) is 11.5 Å². The lowest BCUT2D eigenvalue weighted by Gasteiger charge is -2.18. The molecule has 2 aromatic carbocycles. The number of benzene rings is 2. The molecule has 0 atom stereocenters. The summed E-state index contributed by atoms with van der Waals surface area (Å²) in [6.07, 6.45) is 5.28. The summed E-state index contributed by atoms with van der Waals surface area (Å²) in [4.78, 5) is 6.68. The Kier molecular flexibility index (Phi) is 8.64. The molecule has 0 aliphatic carbocycles. The average Bonchev–Trinajstić information content (AvgIpc) is 3.33. The van der Waals surface area contributed by atoms with E-state index in [1.165, 1.54) is 16.8 Å². The number of aliphatic imine (C=N–C) groups is 1. The first-order chi connectivity index (χ1) is 15.2. The van der Waals surface area contributed by atoms with Crippen molar-refractivity contribution in [2.75, 3.05) is 44.8 Å². The lowest BCUT2D eigenvalue weighted by atomic mass is 10.1. The van der Waals surface area contributed by atoms with E-state index >= 15 is 0 Å². The van der Waals surface area contributed by atoms with E-state index in [9.17, 15) is 0 Å². The van der Waals surface area contributed by atoms with Crippen LogP contribution in [0.2, 0.25) is 0 Å². The summed E-state index contributed by atoms with van der Waals surface area (Å²) in [5.41, 5.74) is 3.69. The summed E-state index contributed by atoms with van der Waals surface area (Å²) in [6, 6.07) is 14.8. The van der Waals surface area contributed by atoms with Crippen LogP contribution in [-0.4, -0.2) is 45.9 Å². The molecule has 31 heavy (non-hydrogen) atoms. The molecule has 3 rings (SSSR count). The van der Waals surface area contributed by atoms with Crippen molar-refractivity contribution >= 4 is 11.6 Å². The standard InChI is InChI=1S/C25H34N4O2/c1-4-30-23-13-10-20(18-24(23)31-5-2)14-15-27-25(26-3)28-19-21-8-11-22(12-9-21)29-16-6-7-17-29/h6-13,18H,4-5,14-17,19H2,1-3H3,(H2,26,27,28). The average molecular weight is 423 g/mol. The summed E-state index contributed by atoms with van der Waals surface area (Å²) in [5.74, 6) is 2.40. The van der Waals surface area contributed by atoms with Gasteiger partial charge in [-0.15, -0.1) is 0 Å². The number of hydrogen-bond donors (Lipinski definition) is 2. The zero-order chi connectivity index (χ0) is 21.9. The van der Waals surface area contributed by atoms with Gasteiger partial charge in [0.15, 0.2) is 17.5 Å². The minimum absolute atomic E-state index is 0.619. The van der Waals surface area contributed by atoms with Crippen LogP contribution in [0.4, 0.5) is 5.69 Å². The first-order valence-corrected chi connectivity index (χ1v) is 11.1. The number of hydrogen-bond acceptors (Lipinski definition) is 4. The molecule has 0 saturated heterocycles. The van der Waals surface area contributed by atoms with Gasteiger partial charge in [0.05, 0.1) is 13.2 Å². The van der Waals surface area contributed by atoms with Gasteiger partial charge in [-0.05, 0) is 55.7 Å². The molecule has 2 N–H and O–H groups in total. The summed E-state index contributed by atoms with van der Waals surface area (Å²) in [5, 5.41) is 6.77. The molecule has 0 spiro atoms. The highest BCUT2D eigenvalue weighted by atomic mass is 16.5. The molecule has 6 nitrogen and oxygen atoms in total. The number of nitrogens with zero attached hydrogens (tertiary/aromatic N) is 2. The first kappa shape index (κ1) is 22.5. The summed E-state index contributed by atoms with van der Waals surface area (Å²) < 4.78 is 11.4. The Morgan fingerprint density at radius 1 is 0.903 bits per heavy atom. The molecule has 1 aliphatic rings. The maximum absolute atomic E-state index is 5.72. The predicted octanol–water partition coefficient (Wildman–Crippen LogP) is 3.77. The Balaban J connectivity index is 1.45. The van der Waals surface area contributed by atoms with Gasteiger partial charge in [0.2, 0.25) is 0 Å². The van der Waals surface area contributed by atoms with Crippen LogP contribution in [0, 0.1) is 0 Å². The third kappa shape index (κ3) is 6.67. The Morgan fingerprint density at radius 3 is 2.26 bits per heavy atom. The van der Waals surface area contributed by atoms with Crippen molar-refractivity contribution in [3.05, 3.63) is 65.7 Å². The Hall–Kier alpha value is -3.15. The molecule has 0 aromatic heterocycles. The lowest BCUT2D eigenvalue weighted by Crippen LogP contribution is -2.37. The largest absolute Gasteiger partial charge is 0.490 e. The van der Waals surface area contributed by atoms with Crippen LogP contribution in [-0.2, 0) is 13.0 Å². The van der Waals surface area contributed by atoms with Crippen molar-refractivity contribution in [1.29, 1.82) is 0 Å². The van der Waals surface area contributed by atoms with Gasteiger partial charge in [-0.2, -0.15) is 0 Å². The molecule has 0 radical (unpaired) electrons. The van der Waals surface area contributed by atoms with Gasteiger partial charge in [-0.3, -0.25) is 4.99 Å². The maximum atomic E-state index is 5.72. The van der Waals surface area contributed by atoms with E-state index in [1.54, 1.807) is 7.05 Å². The van der Waals surface area contributed by atoms with E-state index in [1.807, 2.05) is 19.9 Å². The van der Waals surface area contributed by atoms with Gasteiger partial charge in [-0.25, -0.2) is 0 Å². The monoisotopic (exact) mass is 422 g/mol. The SMILES string of the molecule is CCOc1ccc(CCNC(=NC)NCc2ccc(N3CC=CC3)cc2)cc1OCC. The van der Waals surface area contributed by atoms with Gasteiger partial charge < -0.3 is 25.0 Å². The van der Waals surface area contributed by atoms with Crippen molar-refractivity contribution < 1.29 is 9.47 Å². The van der Waals surface area contributed by atoms with Gasteiger partial charge in [0, 0.05) is 38.9 Å². The second-order valence-electron chi connectivity index (χ2n) is 7.29. The normalized spacial score (nSPS) is 13.4. The molecule has 0 unspecified atom stereocenters. The topological polar surface area (TPSA) is 58.1 Å². The molecule has 0 bridgehead atoms. The van der Waals surface area contributed by atoms with Crippen LogP contribution in [0.3, 0.4) is 0 Å². The highest BCUT2D eigenvalue weighted by Crippen LogP contribution is 2.28. The molecule has 0 fully saturated rings. The smallest absolute Gasteiger partial charge is 0.191 e. The van der Waals surface area contributed by atoms with E-state index in [4.69, 9.17) is 9.47 Å². The molecule has 0 amide bonds. The molecule has 1 heterocycles. The number of guanidine groups is 1. The second-order valence-corrected chi connectivity index (χ2v) is 7.29. The fraction of sp³-hybridized carbons (Fsp3) is 0.400. The van der Waals surface area contributed by atoms with E-state index in [2.05, 4.69) is 69.1 Å². The zero-order valence-corrected chi connectivity index (χ0v) is 18.9. The number of nitrogens with one attached hydrogen (secondary N) is 2.